The zero-order valence-corrected chi connectivity index (χ0v) is 30.9. The summed E-state index contributed by atoms with van der Waals surface area (Å²) in [6.07, 6.45) is 3.25. The number of carbonyl (C=O) groups excluding carboxylic acids is 4. The average molecular weight is 712 g/mol. The highest BCUT2D eigenvalue weighted by Crippen LogP contribution is 2.28. The van der Waals surface area contributed by atoms with E-state index in [9.17, 15) is 24.3 Å². The van der Waals surface area contributed by atoms with Gasteiger partial charge in [-0.05, 0) is 47.4 Å². The fourth-order valence-corrected chi connectivity index (χ4v) is 6.19. The molecular weight excluding hydrogens is 654 g/mol. The van der Waals surface area contributed by atoms with E-state index in [1.54, 1.807) is 18.9 Å². The molecule has 0 aromatic heterocycles. The van der Waals surface area contributed by atoms with E-state index in [2.05, 4.69) is 21.4 Å². The lowest BCUT2D eigenvalue weighted by atomic mass is 9.83. The van der Waals surface area contributed by atoms with Crippen LogP contribution in [-0.2, 0) is 32.2 Å². The minimum atomic E-state index is -1.11. The van der Waals surface area contributed by atoms with Gasteiger partial charge in [-0.3, -0.25) is 15.0 Å². The molecule has 0 saturated heterocycles. The van der Waals surface area contributed by atoms with E-state index in [0.29, 0.717) is 24.7 Å². The molecule has 0 radical (unpaired) electrons. The molecule has 1 aliphatic carbocycles. The van der Waals surface area contributed by atoms with Crippen molar-refractivity contribution in [3.05, 3.63) is 65.7 Å². The van der Waals surface area contributed by atoms with Crippen molar-refractivity contribution in [2.45, 2.75) is 104 Å². The van der Waals surface area contributed by atoms with Crippen molar-refractivity contribution >= 4 is 24.0 Å². The van der Waals surface area contributed by atoms with E-state index in [1.807, 2.05) is 68.4 Å². The molecule has 2 unspecified atom stereocenters. The van der Waals surface area contributed by atoms with E-state index in [0.717, 1.165) is 43.2 Å². The molecule has 1 fully saturated rings. The highest BCUT2D eigenvalue weighted by molar-refractivity contribution is 5.86. The van der Waals surface area contributed by atoms with Crippen LogP contribution < -0.4 is 26.1 Å². The van der Waals surface area contributed by atoms with Crippen molar-refractivity contribution in [1.82, 2.24) is 26.4 Å². The van der Waals surface area contributed by atoms with Crippen LogP contribution in [0.25, 0.3) is 0 Å². The second kappa shape index (κ2) is 21.1. The summed E-state index contributed by atoms with van der Waals surface area (Å²) in [4.78, 5) is 51.3. The Hall–Kier alpha value is -4.36. The summed E-state index contributed by atoms with van der Waals surface area (Å²) in [6.45, 7) is 7.81. The van der Waals surface area contributed by atoms with Gasteiger partial charge < -0.3 is 35.3 Å². The van der Waals surface area contributed by atoms with Crippen LogP contribution in [0.1, 0.15) is 77.3 Å². The predicted molar refractivity (Wildman–Crippen MR) is 193 cm³/mol. The number of aliphatic hydroxyl groups is 1. The molecule has 51 heavy (non-hydrogen) atoms. The topological polar surface area (TPSA) is 168 Å². The number of hydrogen-bond donors (Lipinski definition) is 5. The van der Waals surface area contributed by atoms with Crippen LogP contribution in [0.3, 0.4) is 0 Å². The Morgan fingerprint density at radius 3 is 1.88 bits per heavy atom. The third kappa shape index (κ3) is 14.1. The lowest BCUT2D eigenvalue weighted by Crippen LogP contribution is -2.59. The minimum absolute atomic E-state index is 0.0462. The Labute approximate surface area is 302 Å². The van der Waals surface area contributed by atoms with Gasteiger partial charge in [-0.1, -0.05) is 102 Å². The molecule has 282 valence electrons. The van der Waals surface area contributed by atoms with Crippen LogP contribution in [0.5, 0.6) is 5.75 Å². The molecule has 0 spiro atoms. The number of amides is 4. The average Bonchev–Trinajstić information content (AvgIpc) is 3.12. The molecule has 3 rings (SSSR count). The highest BCUT2D eigenvalue weighted by atomic mass is 16.5. The second-order valence-corrected chi connectivity index (χ2v) is 13.9. The van der Waals surface area contributed by atoms with Gasteiger partial charge in [0.25, 0.3) is 5.91 Å². The van der Waals surface area contributed by atoms with E-state index < -0.39 is 48.2 Å². The number of carbonyl (C=O) groups is 4. The first-order valence-electron chi connectivity index (χ1n) is 17.9. The normalized spacial score (nSPS) is 15.7. The first kappa shape index (κ1) is 41.1. The Balaban J connectivity index is 1.84. The van der Waals surface area contributed by atoms with Crippen molar-refractivity contribution in [2.24, 2.45) is 17.8 Å². The van der Waals surface area contributed by atoms with Gasteiger partial charge in [0.15, 0.2) is 0 Å². The third-order valence-corrected chi connectivity index (χ3v) is 9.14. The van der Waals surface area contributed by atoms with Gasteiger partial charge in [0, 0.05) is 13.1 Å². The molecule has 2 aromatic rings. The number of ether oxygens (including phenoxy) is 3. The molecule has 0 aliphatic heterocycles. The van der Waals surface area contributed by atoms with Gasteiger partial charge in [-0.15, -0.1) is 0 Å². The Morgan fingerprint density at radius 2 is 1.33 bits per heavy atom. The summed E-state index contributed by atoms with van der Waals surface area (Å²) in [6, 6.07) is 14.8. The Bertz CT molecular complexity index is 1370. The molecule has 13 nitrogen and oxygen atoms in total. The van der Waals surface area contributed by atoms with E-state index in [-0.39, 0.29) is 24.9 Å². The summed E-state index contributed by atoms with van der Waals surface area (Å²) >= 11 is 0. The lowest BCUT2D eigenvalue weighted by molar-refractivity contribution is -0.131. The van der Waals surface area contributed by atoms with Gasteiger partial charge in [0.2, 0.25) is 5.91 Å². The standard InChI is InChI=1S/C38H57N5O8/c1-25(2)33(40-37(47)49-5)35(45)39-31(21-27-13-9-7-10-14-27)32(44)23-43(42-36(46)34(26(3)4)41-38(48)50-6)22-28-17-19-30(20-18-28)51-24-29-15-11-8-12-16-29/h8,11-12,15-20,25-27,31-34,44H,7,9-10,13-14,21-24H2,1-6H3,(H,39,45)(H,40,47)(H,41,48)(H,42,46)/t31?,32?,33-,34-/m0/s1. The van der Waals surface area contributed by atoms with Gasteiger partial charge in [0.05, 0.1) is 26.4 Å². The fourth-order valence-electron chi connectivity index (χ4n) is 6.19. The molecular formula is C38H57N5O8. The molecule has 0 bridgehead atoms. The quantitative estimate of drug-likeness (QED) is 0.138. The molecule has 2 aromatic carbocycles. The summed E-state index contributed by atoms with van der Waals surface area (Å²) in [7, 11) is 2.46. The SMILES string of the molecule is COC(=O)N[C@H](C(=O)NC(CC1CCCCC1)C(O)CN(Cc1ccc(OCc2ccccc2)cc1)NC(=O)[C@@H](NC(=O)OC)C(C)C)C(C)C. The van der Waals surface area contributed by atoms with Crippen molar-refractivity contribution in [3.63, 3.8) is 0 Å². The monoisotopic (exact) mass is 711 g/mol. The zero-order chi connectivity index (χ0) is 37.3. The maximum absolute atomic E-state index is 13.6. The number of methoxy groups -OCH3 is 2. The number of benzene rings is 2. The number of hydrogen-bond acceptors (Lipinski definition) is 9. The number of nitrogens with one attached hydrogen (secondary N) is 4. The number of rotatable bonds is 18. The van der Waals surface area contributed by atoms with Gasteiger partial charge in [-0.25, -0.2) is 14.6 Å². The van der Waals surface area contributed by atoms with Crippen LogP contribution in [0.2, 0.25) is 0 Å². The zero-order valence-electron chi connectivity index (χ0n) is 30.9. The smallest absolute Gasteiger partial charge is 0.407 e. The van der Waals surface area contributed by atoms with E-state index in [4.69, 9.17) is 14.2 Å². The number of alkyl carbamates (subject to hydrolysis) is 2. The molecule has 4 amide bonds. The molecule has 1 aliphatic rings. The van der Waals surface area contributed by atoms with Crippen LogP contribution in [0.4, 0.5) is 9.59 Å². The molecule has 1 saturated carbocycles. The highest BCUT2D eigenvalue weighted by Gasteiger charge is 2.33. The Kier molecular flexibility index (Phi) is 17.0. The van der Waals surface area contributed by atoms with Crippen LogP contribution in [-0.4, -0.2) is 79.1 Å². The fraction of sp³-hybridized carbons (Fsp3) is 0.579. The van der Waals surface area contributed by atoms with Gasteiger partial charge in [0.1, 0.15) is 24.4 Å². The molecule has 13 heteroatoms. The minimum Gasteiger partial charge on any atom is -0.489 e. The first-order chi connectivity index (χ1) is 24.4. The Morgan fingerprint density at radius 1 is 0.765 bits per heavy atom. The maximum atomic E-state index is 13.6. The summed E-state index contributed by atoms with van der Waals surface area (Å²) < 4.78 is 15.4. The predicted octanol–water partition coefficient (Wildman–Crippen LogP) is 4.68. The van der Waals surface area contributed by atoms with Crippen molar-refractivity contribution in [3.8, 4) is 5.75 Å². The van der Waals surface area contributed by atoms with Crippen molar-refractivity contribution in [1.29, 1.82) is 0 Å². The number of hydrazine groups is 1. The summed E-state index contributed by atoms with van der Waals surface area (Å²) in [5.74, 6) is -0.464. The van der Waals surface area contributed by atoms with E-state index >= 15 is 0 Å². The molecule has 0 heterocycles. The third-order valence-electron chi connectivity index (χ3n) is 9.14. The molecule has 4 atom stereocenters. The summed E-state index contributed by atoms with van der Waals surface area (Å²) in [5, 5.41) is 21.6. The maximum Gasteiger partial charge on any atom is 0.407 e. The van der Waals surface area contributed by atoms with E-state index in [1.165, 1.54) is 14.2 Å². The van der Waals surface area contributed by atoms with Crippen LogP contribution >= 0.6 is 0 Å². The van der Waals surface area contributed by atoms with Gasteiger partial charge >= 0.3 is 12.2 Å². The molecule has 5 N–H and O–H groups in total. The first-order valence-corrected chi connectivity index (χ1v) is 17.9. The van der Waals surface area contributed by atoms with Crippen molar-refractivity contribution < 1.29 is 38.5 Å². The van der Waals surface area contributed by atoms with Gasteiger partial charge in [-0.2, -0.15) is 0 Å². The second-order valence-electron chi connectivity index (χ2n) is 13.9. The summed E-state index contributed by atoms with van der Waals surface area (Å²) in [5.41, 5.74) is 4.77. The van der Waals surface area contributed by atoms with Crippen LogP contribution in [0, 0.1) is 17.8 Å². The lowest BCUT2D eigenvalue weighted by Gasteiger charge is -2.35. The van der Waals surface area contributed by atoms with Crippen LogP contribution in [0.15, 0.2) is 54.6 Å². The number of aliphatic hydroxyl groups excluding tert-OH is 1. The largest absolute Gasteiger partial charge is 0.489 e. The number of nitrogens with zero attached hydrogens (tertiary/aromatic N) is 1. The van der Waals surface area contributed by atoms with Crippen molar-refractivity contribution in [2.75, 3.05) is 20.8 Å².